The van der Waals surface area contributed by atoms with E-state index in [2.05, 4.69) is 25.7 Å². The number of carboxylic acid groups (broad SMARTS) is 1. The molecule has 0 aliphatic carbocycles. The zero-order valence-corrected chi connectivity index (χ0v) is 15.0. The van der Waals surface area contributed by atoms with E-state index in [0.717, 1.165) is 0 Å². The maximum atomic E-state index is 11.2. The Morgan fingerprint density at radius 2 is 2.04 bits per heavy atom. The number of ether oxygens (including phenoxy) is 1. The first-order chi connectivity index (χ1) is 12.4. The zero-order chi connectivity index (χ0) is 19.1. The van der Waals surface area contributed by atoms with E-state index in [-0.39, 0.29) is 6.42 Å². The van der Waals surface area contributed by atoms with Crippen LogP contribution in [-0.4, -0.2) is 17.7 Å². The van der Waals surface area contributed by atoms with Crippen LogP contribution in [0.25, 0.3) is 0 Å². The van der Waals surface area contributed by atoms with E-state index < -0.39 is 11.9 Å². The van der Waals surface area contributed by atoms with Crippen molar-refractivity contribution < 1.29 is 19.1 Å². The van der Waals surface area contributed by atoms with Crippen molar-refractivity contribution in [1.82, 2.24) is 0 Å². The number of carboxylic acids is 1. The summed E-state index contributed by atoms with van der Waals surface area (Å²) < 4.78 is 11.5. The van der Waals surface area contributed by atoms with Crippen LogP contribution in [0.3, 0.4) is 0 Å². The minimum Gasteiger partial charge on any atom is -0.493 e. The molecule has 2 rings (SSSR count). The standard InChI is InChI=1S/C22H22O4/c1-5-7-17-10-11-21(26-17)19(6-2)20-13-18(25-14-15(3)4)9-8-16(20)12-22(23)24/h1-2,8-11,13,15,19H,7,12,14H2,3-4H3,(H,23,24). The van der Waals surface area contributed by atoms with Crippen molar-refractivity contribution in [3.63, 3.8) is 0 Å². The molecular formula is C22H22O4. The van der Waals surface area contributed by atoms with Gasteiger partial charge in [0.25, 0.3) is 0 Å². The second-order valence-electron chi connectivity index (χ2n) is 6.42. The van der Waals surface area contributed by atoms with Crippen molar-refractivity contribution in [3.8, 4) is 30.4 Å². The smallest absolute Gasteiger partial charge is 0.307 e. The molecular weight excluding hydrogens is 328 g/mol. The summed E-state index contributed by atoms with van der Waals surface area (Å²) in [7, 11) is 0. The molecule has 0 aliphatic heterocycles. The molecule has 1 N–H and O–H groups in total. The summed E-state index contributed by atoms with van der Waals surface area (Å²) >= 11 is 0. The van der Waals surface area contributed by atoms with E-state index in [9.17, 15) is 9.90 Å². The monoisotopic (exact) mass is 350 g/mol. The SMILES string of the molecule is C#CCc1ccc(C(C#C)c2cc(OCC(C)C)ccc2CC(=O)O)o1. The van der Waals surface area contributed by atoms with Crippen LogP contribution in [0, 0.1) is 30.6 Å². The third-order valence-electron chi connectivity index (χ3n) is 3.76. The van der Waals surface area contributed by atoms with Crippen molar-refractivity contribution in [1.29, 1.82) is 0 Å². The highest BCUT2D eigenvalue weighted by atomic mass is 16.5. The lowest BCUT2D eigenvalue weighted by Crippen LogP contribution is -2.09. The molecule has 1 aromatic heterocycles. The van der Waals surface area contributed by atoms with Crippen molar-refractivity contribution in [2.75, 3.05) is 6.61 Å². The van der Waals surface area contributed by atoms with Gasteiger partial charge in [-0.2, -0.15) is 0 Å². The molecule has 26 heavy (non-hydrogen) atoms. The molecule has 0 aliphatic rings. The molecule has 1 unspecified atom stereocenters. The summed E-state index contributed by atoms with van der Waals surface area (Å²) in [6.07, 6.45) is 11.3. The predicted octanol–water partition coefficient (Wildman–Crippen LogP) is 3.88. The molecule has 1 heterocycles. The Morgan fingerprint density at radius 3 is 2.65 bits per heavy atom. The first-order valence-electron chi connectivity index (χ1n) is 8.40. The summed E-state index contributed by atoms with van der Waals surface area (Å²) in [6, 6.07) is 8.88. The van der Waals surface area contributed by atoms with Crippen LogP contribution in [0.5, 0.6) is 5.75 Å². The number of terminal acetylenes is 2. The number of hydrogen-bond acceptors (Lipinski definition) is 3. The quantitative estimate of drug-likeness (QED) is 0.734. The average molecular weight is 350 g/mol. The van der Waals surface area contributed by atoms with Gasteiger partial charge in [-0.15, -0.1) is 12.8 Å². The Labute approximate surface area is 154 Å². The average Bonchev–Trinajstić information content (AvgIpc) is 3.03. The van der Waals surface area contributed by atoms with Gasteiger partial charge in [0.2, 0.25) is 0 Å². The van der Waals surface area contributed by atoms with E-state index in [1.807, 2.05) is 0 Å². The van der Waals surface area contributed by atoms with E-state index >= 15 is 0 Å². The Morgan fingerprint density at radius 1 is 1.27 bits per heavy atom. The molecule has 0 saturated heterocycles. The van der Waals surface area contributed by atoms with Crippen LogP contribution in [-0.2, 0) is 17.6 Å². The summed E-state index contributed by atoms with van der Waals surface area (Å²) in [5.41, 5.74) is 1.32. The second-order valence-corrected chi connectivity index (χ2v) is 6.42. The van der Waals surface area contributed by atoms with Gasteiger partial charge in [-0.1, -0.05) is 31.8 Å². The van der Waals surface area contributed by atoms with Crippen LogP contribution in [0.2, 0.25) is 0 Å². The maximum absolute atomic E-state index is 11.2. The molecule has 0 bridgehead atoms. The predicted molar refractivity (Wildman–Crippen MR) is 100 cm³/mol. The molecule has 0 amide bonds. The topological polar surface area (TPSA) is 59.7 Å². The van der Waals surface area contributed by atoms with Crippen LogP contribution in [0.15, 0.2) is 34.7 Å². The molecule has 0 spiro atoms. The Bertz CT molecular complexity index is 846. The fraction of sp³-hybridized carbons (Fsp3) is 0.318. The van der Waals surface area contributed by atoms with Crippen LogP contribution >= 0.6 is 0 Å². The van der Waals surface area contributed by atoms with E-state index in [4.69, 9.17) is 22.0 Å². The highest BCUT2D eigenvalue weighted by molar-refractivity contribution is 5.71. The normalized spacial score (nSPS) is 11.6. The van der Waals surface area contributed by atoms with Crippen LogP contribution < -0.4 is 4.74 Å². The molecule has 1 aromatic carbocycles. The van der Waals surface area contributed by atoms with Crippen LogP contribution in [0.1, 0.15) is 42.4 Å². The van der Waals surface area contributed by atoms with Gasteiger partial charge in [0, 0.05) is 0 Å². The van der Waals surface area contributed by atoms with Gasteiger partial charge in [0.15, 0.2) is 0 Å². The van der Waals surface area contributed by atoms with Gasteiger partial charge in [0.1, 0.15) is 23.2 Å². The summed E-state index contributed by atoms with van der Waals surface area (Å²) in [6.45, 7) is 4.67. The first-order valence-corrected chi connectivity index (χ1v) is 8.40. The number of benzene rings is 1. The lowest BCUT2D eigenvalue weighted by Gasteiger charge is -2.16. The van der Waals surface area contributed by atoms with Gasteiger partial charge in [-0.3, -0.25) is 4.79 Å². The molecule has 4 heteroatoms. The van der Waals surface area contributed by atoms with Crippen molar-refractivity contribution in [3.05, 3.63) is 53.0 Å². The molecule has 134 valence electrons. The van der Waals surface area contributed by atoms with Crippen molar-refractivity contribution in [2.24, 2.45) is 5.92 Å². The molecule has 4 nitrogen and oxygen atoms in total. The van der Waals surface area contributed by atoms with E-state index in [1.54, 1.807) is 30.3 Å². The van der Waals surface area contributed by atoms with Crippen LogP contribution in [0.4, 0.5) is 0 Å². The van der Waals surface area contributed by atoms with Gasteiger partial charge in [0.05, 0.1) is 19.4 Å². The Kier molecular flexibility index (Phi) is 6.53. The fourth-order valence-corrected chi connectivity index (χ4v) is 2.59. The second kappa shape index (κ2) is 8.83. The molecule has 0 saturated carbocycles. The number of furan rings is 1. The summed E-state index contributed by atoms with van der Waals surface area (Å²) in [5, 5.41) is 9.21. The number of hydrogen-bond donors (Lipinski definition) is 1. The van der Waals surface area contributed by atoms with Crippen molar-refractivity contribution >= 4 is 5.97 Å². The van der Waals surface area contributed by atoms with Gasteiger partial charge in [-0.25, -0.2) is 0 Å². The number of aliphatic carboxylic acids is 1. The molecule has 2 aromatic rings. The van der Waals surface area contributed by atoms with Crippen molar-refractivity contribution in [2.45, 2.75) is 32.6 Å². The van der Waals surface area contributed by atoms with Gasteiger partial charge < -0.3 is 14.3 Å². The maximum Gasteiger partial charge on any atom is 0.307 e. The zero-order valence-electron chi connectivity index (χ0n) is 15.0. The number of carbonyl (C=O) groups is 1. The van der Waals surface area contributed by atoms with Gasteiger partial charge >= 0.3 is 5.97 Å². The lowest BCUT2D eigenvalue weighted by molar-refractivity contribution is -0.136. The minimum atomic E-state index is -0.926. The Hall–Kier alpha value is -3.11. The summed E-state index contributed by atoms with van der Waals surface area (Å²) in [5.74, 6) is 6.02. The highest BCUT2D eigenvalue weighted by Gasteiger charge is 2.21. The lowest BCUT2D eigenvalue weighted by atomic mass is 9.91. The molecule has 1 atom stereocenters. The van der Waals surface area contributed by atoms with Gasteiger partial charge in [-0.05, 0) is 41.3 Å². The highest BCUT2D eigenvalue weighted by Crippen LogP contribution is 2.32. The summed E-state index contributed by atoms with van der Waals surface area (Å²) in [4.78, 5) is 11.2. The molecule has 0 fully saturated rings. The third kappa shape index (κ3) is 4.94. The fourth-order valence-electron chi connectivity index (χ4n) is 2.59. The van der Waals surface area contributed by atoms with E-state index in [0.29, 0.717) is 47.3 Å². The molecule has 0 radical (unpaired) electrons. The Balaban J connectivity index is 2.43. The minimum absolute atomic E-state index is 0.129. The number of rotatable bonds is 8. The van der Waals surface area contributed by atoms with E-state index in [1.165, 1.54) is 0 Å². The largest absolute Gasteiger partial charge is 0.493 e. The first kappa shape index (κ1) is 19.2. The third-order valence-corrected chi connectivity index (χ3v) is 3.76.